The molecule has 2 aromatic rings. The van der Waals surface area contributed by atoms with Crippen LogP contribution < -0.4 is 0 Å². The highest BCUT2D eigenvalue weighted by Crippen LogP contribution is 2.39. The number of ether oxygens (including phenoxy) is 2. The Kier molecular flexibility index (Phi) is 5.85. The van der Waals surface area contributed by atoms with Gasteiger partial charge in [0.15, 0.2) is 0 Å². The van der Waals surface area contributed by atoms with E-state index in [1.807, 2.05) is 6.92 Å². The van der Waals surface area contributed by atoms with E-state index in [1.54, 1.807) is 17.7 Å². The van der Waals surface area contributed by atoms with Crippen molar-refractivity contribution in [3.8, 4) is 0 Å². The van der Waals surface area contributed by atoms with Crippen LogP contribution in [0.25, 0.3) is 10.2 Å². The van der Waals surface area contributed by atoms with Gasteiger partial charge in [-0.05, 0) is 38.2 Å². The second-order valence-corrected chi connectivity index (χ2v) is 7.32. The molecule has 3 rings (SSSR count). The predicted molar refractivity (Wildman–Crippen MR) is 92.2 cm³/mol. The first-order chi connectivity index (χ1) is 11.3. The summed E-state index contributed by atoms with van der Waals surface area (Å²) in [5, 5.41) is 2.05. The first-order valence-corrected chi connectivity index (χ1v) is 9.71. The van der Waals surface area contributed by atoms with Gasteiger partial charge in [-0.25, -0.2) is 9.97 Å². The summed E-state index contributed by atoms with van der Waals surface area (Å²) in [5.41, 5.74) is 1.39. The van der Waals surface area contributed by atoms with Crippen molar-refractivity contribution in [2.24, 2.45) is 0 Å². The Morgan fingerprint density at radius 1 is 1.30 bits per heavy atom. The highest BCUT2D eigenvalue weighted by Gasteiger charge is 2.20. The molecule has 0 bridgehead atoms. The summed E-state index contributed by atoms with van der Waals surface area (Å²) in [7, 11) is 0. The lowest BCUT2D eigenvalue weighted by atomic mass is 9.97. The summed E-state index contributed by atoms with van der Waals surface area (Å²) in [6, 6.07) is 0. The molecule has 2 heterocycles. The van der Waals surface area contributed by atoms with Crippen LogP contribution in [0.15, 0.2) is 11.4 Å². The number of carbonyl (C=O) groups is 1. The number of hydrogen-bond donors (Lipinski definition) is 0. The van der Waals surface area contributed by atoms with Crippen molar-refractivity contribution < 1.29 is 14.3 Å². The van der Waals surface area contributed by atoms with Crippen molar-refractivity contribution in [2.45, 2.75) is 37.6 Å². The lowest BCUT2D eigenvalue weighted by molar-refractivity contribution is -0.141. The number of aromatic nitrogens is 2. The van der Waals surface area contributed by atoms with E-state index in [4.69, 9.17) is 9.47 Å². The number of fused-ring (bicyclic) bond motifs is 3. The van der Waals surface area contributed by atoms with Crippen molar-refractivity contribution in [1.82, 2.24) is 9.97 Å². The van der Waals surface area contributed by atoms with Crippen LogP contribution in [-0.2, 0) is 27.1 Å². The summed E-state index contributed by atoms with van der Waals surface area (Å²) in [5.74, 6) is 0.0358. The molecular formula is C16H20N2O3S2. The average molecular weight is 352 g/mol. The molecule has 0 spiro atoms. The fourth-order valence-electron chi connectivity index (χ4n) is 2.70. The maximum atomic E-state index is 11.8. The lowest BCUT2D eigenvalue weighted by Gasteiger charge is -2.11. The largest absolute Gasteiger partial charge is 0.463 e. The van der Waals surface area contributed by atoms with E-state index in [9.17, 15) is 4.79 Å². The van der Waals surface area contributed by atoms with Gasteiger partial charge in [0.2, 0.25) is 0 Å². The van der Waals surface area contributed by atoms with Crippen molar-refractivity contribution in [3.05, 3.63) is 16.8 Å². The molecule has 23 heavy (non-hydrogen) atoms. The lowest BCUT2D eigenvalue weighted by Crippen LogP contribution is -2.12. The summed E-state index contributed by atoms with van der Waals surface area (Å²) in [6.07, 6.45) is 6.29. The molecule has 5 nitrogen and oxygen atoms in total. The Bertz CT molecular complexity index is 687. The quantitative estimate of drug-likeness (QED) is 0.330. The van der Waals surface area contributed by atoms with Gasteiger partial charge in [-0.3, -0.25) is 4.79 Å². The topological polar surface area (TPSA) is 61.3 Å². The molecule has 0 N–H and O–H groups in total. The molecular weight excluding hydrogens is 332 g/mol. The number of rotatable bonds is 7. The molecule has 0 unspecified atom stereocenters. The Hall–Kier alpha value is -1.18. The van der Waals surface area contributed by atoms with E-state index in [0.717, 1.165) is 28.1 Å². The normalized spacial score (nSPS) is 14.0. The number of esters is 1. The van der Waals surface area contributed by atoms with Crippen LogP contribution in [0.3, 0.4) is 0 Å². The molecule has 0 aromatic carbocycles. The Morgan fingerprint density at radius 2 is 2.17 bits per heavy atom. The zero-order chi connectivity index (χ0) is 16.1. The van der Waals surface area contributed by atoms with Crippen molar-refractivity contribution in [1.29, 1.82) is 0 Å². The number of thioether (sulfide) groups is 1. The molecule has 0 aliphatic heterocycles. The maximum Gasteiger partial charge on any atom is 0.316 e. The van der Waals surface area contributed by atoms with E-state index in [-0.39, 0.29) is 11.7 Å². The van der Waals surface area contributed by atoms with E-state index in [1.165, 1.54) is 35.0 Å². The minimum absolute atomic E-state index is 0.231. The third-order valence-electron chi connectivity index (χ3n) is 3.74. The number of carbonyl (C=O) groups excluding carboxylic acids is 1. The van der Waals surface area contributed by atoms with Crippen LogP contribution in [-0.4, -0.2) is 41.5 Å². The SMILES string of the molecule is CCOCCOC(=O)CSc1ncnc2sc3c(c12)CCCC3. The first kappa shape index (κ1) is 16.7. The minimum Gasteiger partial charge on any atom is -0.463 e. The predicted octanol–water partition coefficient (Wildman–Crippen LogP) is 3.24. The van der Waals surface area contributed by atoms with E-state index < -0.39 is 0 Å². The fourth-order valence-corrected chi connectivity index (χ4v) is 4.82. The van der Waals surface area contributed by atoms with Crippen LogP contribution >= 0.6 is 23.1 Å². The van der Waals surface area contributed by atoms with Gasteiger partial charge in [-0.2, -0.15) is 0 Å². The van der Waals surface area contributed by atoms with Crippen LogP contribution in [0.4, 0.5) is 0 Å². The van der Waals surface area contributed by atoms with Gasteiger partial charge in [0, 0.05) is 16.9 Å². The first-order valence-electron chi connectivity index (χ1n) is 7.91. The molecule has 0 fully saturated rings. The minimum atomic E-state index is -0.231. The van der Waals surface area contributed by atoms with Gasteiger partial charge in [0.1, 0.15) is 22.8 Å². The van der Waals surface area contributed by atoms with Crippen molar-refractivity contribution >= 4 is 39.3 Å². The zero-order valence-electron chi connectivity index (χ0n) is 13.2. The van der Waals surface area contributed by atoms with Crippen LogP contribution in [0.1, 0.15) is 30.2 Å². The number of thiophene rings is 1. The van der Waals surface area contributed by atoms with E-state index in [0.29, 0.717) is 19.8 Å². The number of nitrogens with zero attached hydrogens (tertiary/aromatic N) is 2. The van der Waals surface area contributed by atoms with Gasteiger partial charge in [0.25, 0.3) is 0 Å². The average Bonchev–Trinajstić information content (AvgIpc) is 2.96. The molecule has 7 heteroatoms. The highest BCUT2D eigenvalue weighted by molar-refractivity contribution is 8.00. The van der Waals surface area contributed by atoms with Crippen LogP contribution in [0.5, 0.6) is 0 Å². The summed E-state index contributed by atoms with van der Waals surface area (Å²) >= 11 is 3.21. The van der Waals surface area contributed by atoms with Gasteiger partial charge in [-0.1, -0.05) is 11.8 Å². The summed E-state index contributed by atoms with van der Waals surface area (Å²) in [6.45, 7) is 3.30. The molecule has 0 saturated heterocycles. The Balaban J connectivity index is 1.66. The number of aryl methyl sites for hydroxylation is 2. The monoisotopic (exact) mass is 352 g/mol. The zero-order valence-corrected chi connectivity index (χ0v) is 14.8. The molecule has 1 aliphatic carbocycles. The fraction of sp³-hybridized carbons (Fsp3) is 0.562. The van der Waals surface area contributed by atoms with Crippen LogP contribution in [0.2, 0.25) is 0 Å². The summed E-state index contributed by atoms with van der Waals surface area (Å²) in [4.78, 5) is 23.1. The molecule has 1 aliphatic rings. The standard InChI is InChI=1S/C16H20N2O3S2/c1-2-20-7-8-21-13(19)9-22-15-14-11-5-3-4-6-12(11)23-16(14)18-10-17-15/h10H,2-9H2,1H3. The van der Waals surface area contributed by atoms with Gasteiger partial charge in [0.05, 0.1) is 12.4 Å². The maximum absolute atomic E-state index is 11.8. The Morgan fingerprint density at radius 3 is 3.04 bits per heavy atom. The van der Waals surface area contributed by atoms with E-state index >= 15 is 0 Å². The van der Waals surface area contributed by atoms with Crippen molar-refractivity contribution in [2.75, 3.05) is 25.6 Å². The van der Waals surface area contributed by atoms with Gasteiger partial charge < -0.3 is 9.47 Å². The second-order valence-electron chi connectivity index (χ2n) is 5.28. The molecule has 0 saturated carbocycles. The van der Waals surface area contributed by atoms with E-state index in [2.05, 4.69) is 9.97 Å². The van der Waals surface area contributed by atoms with Crippen LogP contribution in [0, 0.1) is 0 Å². The van der Waals surface area contributed by atoms with Gasteiger partial charge in [-0.15, -0.1) is 11.3 Å². The highest BCUT2D eigenvalue weighted by atomic mass is 32.2. The third-order valence-corrected chi connectivity index (χ3v) is 5.90. The third kappa shape index (κ3) is 4.02. The molecule has 0 atom stereocenters. The smallest absolute Gasteiger partial charge is 0.316 e. The van der Waals surface area contributed by atoms with Crippen molar-refractivity contribution in [3.63, 3.8) is 0 Å². The molecule has 0 radical (unpaired) electrons. The summed E-state index contributed by atoms with van der Waals surface area (Å²) < 4.78 is 10.3. The Labute approximate surface area is 143 Å². The number of hydrogen-bond acceptors (Lipinski definition) is 7. The molecule has 124 valence electrons. The van der Waals surface area contributed by atoms with Gasteiger partial charge >= 0.3 is 5.97 Å². The molecule has 2 aromatic heterocycles. The molecule has 0 amide bonds. The second kappa shape index (κ2) is 8.08.